The standard InChI is InChI=1S/C43H35ClF3N7O10S/c1-18-24-12-19(44)6-11-32(24)65-37(18)28-17-33(50(5)48-28)52-39(57)27-16-25-22(35(42(27,2)41(52)59)26-15-21(7-10-31(26)55)64-43(45,46)47)8-9-23-34(25)40(58)51(38(23)56)20-13-29(53(60)61)36(49(3)4)30(14-20)54(62)63/h6-8,10-15,17,23,25,27,34-35,55H,9,16H2,1-5H3. The number of anilines is 3. The SMILES string of the molecule is Cc1c(-c2cc(N3C(=O)C4CC5C(=CCC6C(=O)N(c7cc([N+](=O)[O-])c(N(C)C)c([N+](=O)[O-])c7)C(=O)C65)C(c5cc(OC(F)(F)F)ccc5O)C4(C)C3=O)n(C)n2)sc2ccc(Cl)cc12. The van der Waals surface area contributed by atoms with Gasteiger partial charge in [0.2, 0.25) is 23.6 Å². The van der Waals surface area contributed by atoms with Crippen LogP contribution >= 0.6 is 22.9 Å². The van der Waals surface area contributed by atoms with E-state index in [2.05, 4.69) is 9.84 Å². The zero-order valence-electron chi connectivity index (χ0n) is 34.7. The third-order valence-electron chi connectivity index (χ3n) is 13.2. The van der Waals surface area contributed by atoms with Gasteiger partial charge >= 0.3 is 17.7 Å². The highest BCUT2D eigenvalue weighted by Crippen LogP contribution is 2.65. The third kappa shape index (κ3) is 6.52. The van der Waals surface area contributed by atoms with Gasteiger partial charge in [-0.25, -0.2) is 9.80 Å². The second kappa shape index (κ2) is 14.8. The molecule has 1 N–H and O–H groups in total. The van der Waals surface area contributed by atoms with Crippen LogP contribution in [0.2, 0.25) is 5.02 Å². The summed E-state index contributed by atoms with van der Waals surface area (Å²) in [5.74, 6) is -10.7. The molecule has 4 aliphatic rings. The van der Waals surface area contributed by atoms with Gasteiger partial charge in [-0.1, -0.05) is 23.3 Å². The van der Waals surface area contributed by atoms with Crippen molar-refractivity contribution in [1.82, 2.24) is 9.78 Å². The molecule has 4 amide bonds. The molecule has 3 fully saturated rings. The van der Waals surface area contributed by atoms with Gasteiger partial charge in [-0.2, -0.15) is 5.10 Å². The number of nitrogens with zero attached hydrogens (tertiary/aromatic N) is 7. The molecule has 2 aromatic heterocycles. The van der Waals surface area contributed by atoms with E-state index in [4.69, 9.17) is 11.6 Å². The lowest BCUT2D eigenvalue weighted by Crippen LogP contribution is -2.49. The Morgan fingerprint density at radius 1 is 0.954 bits per heavy atom. The monoisotopic (exact) mass is 933 g/mol. The number of carbonyl (C=O) groups is 4. The molecule has 4 heterocycles. The summed E-state index contributed by atoms with van der Waals surface area (Å²) >= 11 is 7.70. The molecule has 65 heavy (non-hydrogen) atoms. The summed E-state index contributed by atoms with van der Waals surface area (Å²) in [5, 5.41) is 42.0. The molecule has 1 saturated carbocycles. The van der Waals surface area contributed by atoms with Crippen LogP contribution < -0.4 is 19.4 Å². The fraction of sp³-hybridized carbons (Fsp3) is 0.326. The van der Waals surface area contributed by atoms with E-state index in [0.29, 0.717) is 15.6 Å². The van der Waals surface area contributed by atoms with E-state index in [1.54, 1.807) is 18.2 Å². The Hall–Kier alpha value is -6.87. The first-order chi connectivity index (χ1) is 30.5. The predicted octanol–water partition coefficient (Wildman–Crippen LogP) is 8.19. The number of aromatic hydroxyl groups is 1. The lowest BCUT2D eigenvalue weighted by Gasteiger charge is -2.49. The van der Waals surface area contributed by atoms with Crippen LogP contribution in [-0.2, 0) is 26.2 Å². The lowest BCUT2D eigenvalue weighted by atomic mass is 9.51. The molecule has 0 bridgehead atoms. The number of aromatic nitrogens is 2. The van der Waals surface area contributed by atoms with E-state index in [1.807, 2.05) is 19.1 Å². The lowest BCUT2D eigenvalue weighted by molar-refractivity contribution is -0.392. The summed E-state index contributed by atoms with van der Waals surface area (Å²) in [7, 11) is 4.24. The molecule has 0 radical (unpaired) electrons. The molecular weight excluding hydrogens is 899 g/mol. The van der Waals surface area contributed by atoms with Gasteiger partial charge in [0, 0.05) is 60.5 Å². The smallest absolute Gasteiger partial charge is 0.508 e. The minimum absolute atomic E-state index is 0.0649. The van der Waals surface area contributed by atoms with Crippen LogP contribution in [0.1, 0.15) is 36.8 Å². The number of alkyl halides is 3. The number of ether oxygens (including phenoxy) is 1. The van der Waals surface area contributed by atoms with Crippen LogP contribution in [0.5, 0.6) is 11.5 Å². The maximum Gasteiger partial charge on any atom is 0.573 e. The van der Waals surface area contributed by atoms with Gasteiger partial charge in [-0.15, -0.1) is 24.5 Å². The maximum absolute atomic E-state index is 15.2. The number of imide groups is 2. The van der Waals surface area contributed by atoms with Gasteiger partial charge in [-0.05, 0) is 80.0 Å². The Bertz CT molecular complexity index is 2990. The van der Waals surface area contributed by atoms with Crippen molar-refractivity contribution in [2.75, 3.05) is 28.8 Å². The van der Waals surface area contributed by atoms with E-state index in [-0.39, 0.29) is 35.5 Å². The Kier molecular flexibility index (Phi) is 9.91. The number of hydrogen-bond donors (Lipinski definition) is 1. The van der Waals surface area contributed by atoms with Crippen LogP contribution in [0.25, 0.3) is 20.7 Å². The van der Waals surface area contributed by atoms with E-state index < -0.39 is 103 Å². The number of thiophene rings is 1. The number of phenols is 1. The number of hydrogen-bond acceptors (Lipinski definition) is 13. The van der Waals surface area contributed by atoms with Crippen LogP contribution in [0.4, 0.5) is 41.7 Å². The summed E-state index contributed by atoms with van der Waals surface area (Å²) < 4.78 is 47.4. The number of phenolic OH excluding ortho intramolecular Hbond substituents is 1. The van der Waals surface area contributed by atoms with Crippen molar-refractivity contribution < 1.29 is 52.0 Å². The minimum Gasteiger partial charge on any atom is -0.508 e. The van der Waals surface area contributed by atoms with Gasteiger partial charge in [0.15, 0.2) is 5.69 Å². The third-order valence-corrected chi connectivity index (χ3v) is 14.7. The maximum atomic E-state index is 15.2. The summed E-state index contributed by atoms with van der Waals surface area (Å²) in [6.07, 6.45) is -3.99. The first-order valence-corrected chi connectivity index (χ1v) is 21.1. The molecule has 5 aromatic rings. The average Bonchev–Trinajstić information content (AvgIpc) is 3.90. The van der Waals surface area contributed by atoms with E-state index in [9.17, 15) is 48.1 Å². The van der Waals surface area contributed by atoms with Crippen LogP contribution in [-0.4, -0.2) is 68.8 Å². The van der Waals surface area contributed by atoms with Gasteiger partial charge in [-0.3, -0.25) is 44.1 Å². The molecule has 9 rings (SSSR count). The molecule has 336 valence electrons. The van der Waals surface area contributed by atoms with Gasteiger partial charge in [0.1, 0.15) is 23.0 Å². The van der Waals surface area contributed by atoms with Crippen molar-refractivity contribution >= 4 is 85.2 Å². The number of amides is 4. The number of allylic oxidation sites excluding steroid dienone is 2. The fourth-order valence-electron chi connectivity index (χ4n) is 10.5. The zero-order valence-corrected chi connectivity index (χ0v) is 36.3. The molecular formula is C43H35ClF3N7O10S. The van der Waals surface area contributed by atoms with Crippen LogP contribution in [0.3, 0.4) is 0 Å². The number of halogens is 4. The number of rotatable bonds is 8. The Labute approximate surface area is 374 Å². The zero-order chi connectivity index (χ0) is 46.9. The number of fused-ring (bicyclic) bond motifs is 5. The number of aryl methyl sites for hydroxylation is 2. The highest BCUT2D eigenvalue weighted by molar-refractivity contribution is 7.22. The molecule has 6 unspecified atom stereocenters. The van der Waals surface area contributed by atoms with Crippen LogP contribution in [0, 0.1) is 56.2 Å². The second-order valence-electron chi connectivity index (χ2n) is 16.9. The van der Waals surface area contributed by atoms with Crippen LogP contribution in [0.15, 0.2) is 66.2 Å². The van der Waals surface area contributed by atoms with Crippen molar-refractivity contribution in [2.45, 2.75) is 39.0 Å². The topological polar surface area (TPSA) is 212 Å². The molecule has 3 aromatic carbocycles. The van der Waals surface area contributed by atoms with E-state index >= 15 is 9.59 Å². The van der Waals surface area contributed by atoms with Crippen molar-refractivity contribution in [3.05, 3.63) is 103 Å². The van der Waals surface area contributed by atoms with Crippen molar-refractivity contribution in [2.24, 2.45) is 36.1 Å². The number of benzene rings is 3. The first-order valence-electron chi connectivity index (χ1n) is 19.9. The van der Waals surface area contributed by atoms with Crippen molar-refractivity contribution in [3.8, 4) is 22.1 Å². The Morgan fingerprint density at radius 3 is 2.26 bits per heavy atom. The largest absolute Gasteiger partial charge is 0.573 e. The predicted molar refractivity (Wildman–Crippen MR) is 230 cm³/mol. The van der Waals surface area contributed by atoms with Crippen molar-refractivity contribution in [1.29, 1.82) is 0 Å². The number of nitro benzene ring substituents is 2. The molecule has 22 heteroatoms. The molecule has 6 atom stereocenters. The summed E-state index contributed by atoms with van der Waals surface area (Å²) in [6, 6.07) is 11.5. The second-order valence-corrected chi connectivity index (χ2v) is 18.4. The fourth-order valence-corrected chi connectivity index (χ4v) is 11.8. The summed E-state index contributed by atoms with van der Waals surface area (Å²) in [5.41, 5.74) is -2.81. The normalized spacial score (nSPS) is 24.0. The van der Waals surface area contributed by atoms with Gasteiger partial charge in [0.05, 0.1) is 43.6 Å². The van der Waals surface area contributed by atoms with Gasteiger partial charge < -0.3 is 14.7 Å². The molecule has 2 aliphatic carbocycles. The van der Waals surface area contributed by atoms with Crippen molar-refractivity contribution in [3.63, 3.8) is 0 Å². The Morgan fingerprint density at radius 2 is 1.63 bits per heavy atom. The molecule has 17 nitrogen and oxygen atoms in total. The van der Waals surface area contributed by atoms with E-state index in [1.165, 1.54) is 44.1 Å². The molecule has 0 spiro atoms. The highest BCUT2D eigenvalue weighted by atomic mass is 35.5. The quantitative estimate of drug-likeness (QED) is 0.0676. The van der Waals surface area contributed by atoms with Gasteiger partial charge in [0.25, 0.3) is 0 Å². The molecule has 2 aliphatic heterocycles. The Balaban J connectivity index is 1.17. The molecule has 2 saturated heterocycles. The van der Waals surface area contributed by atoms with E-state index in [0.717, 1.165) is 60.7 Å². The summed E-state index contributed by atoms with van der Waals surface area (Å²) in [4.78, 5) is 85.5. The average molecular weight is 934 g/mol. The number of carbonyl (C=O) groups excluding carboxylic acids is 4. The number of nitro groups is 2. The first kappa shape index (κ1) is 43.4. The summed E-state index contributed by atoms with van der Waals surface area (Å²) in [6.45, 7) is 3.35. The minimum atomic E-state index is -5.16. The highest BCUT2D eigenvalue weighted by Gasteiger charge is 2.68.